The smallest absolute Gasteiger partial charge is 0.256 e. The van der Waals surface area contributed by atoms with E-state index in [1.165, 1.54) is 19.3 Å². The van der Waals surface area contributed by atoms with Crippen LogP contribution in [-0.4, -0.2) is 41.6 Å². The molecule has 0 fully saturated rings. The van der Waals surface area contributed by atoms with Gasteiger partial charge in [-0.15, -0.1) is 10.2 Å². The van der Waals surface area contributed by atoms with Crippen LogP contribution >= 0.6 is 0 Å². The summed E-state index contributed by atoms with van der Waals surface area (Å²) >= 11 is 0. The van der Waals surface area contributed by atoms with Gasteiger partial charge < -0.3 is 14.5 Å². The first kappa shape index (κ1) is 16.6. The number of carbonyl (C=O) groups excluding carboxylic acids is 1. The highest BCUT2D eigenvalue weighted by molar-refractivity contribution is 5.97. The number of hydrogen-bond acceptors (Lipinski definition) is 4. The summed E-state index contributed by atoms with van der Waals surface area (Å²) in [5.41, 5.74) is 0.559. The third-order valence-corrected chi connectivity index (χ3v) is 4.82. The van der Waals surface area contributed by atoms with Crippen molar-refractivity contribution in [1.82, 2.24) is 34.4 Å². The minimum Gasteiger partial charge on any atom is -0.351 e. The highest BCUT2D eigenvalue weighted by atomic mass is 16.1. The van der Waals surface area contributed by atoms with Gasteiger partial charge in [0.2, 0.25) is 0 Å². The van der Waals surface area contributed by atoms with Gasteiger partial charge in [0.05, 0.1) is 6.20 Å². The van der Waals surface area contributed by atoms with E-state index in [-0.39, 0.29) is 5.91 Å². The van der Waals surface area contributed by atoms with Crippen LogP contribution in [0.5, 0.6) is 0 Å². The fourth-order valence-electron chi connectivity index (χ4n) is 3.49. The summed E-state index contributed by atoms with van der Waals surface area (Å²) in [7, 11) is 1.83. The van der Waals surface area contributed by atoms with E-state index in [1.807, 2.05) is 36.1 Å². The second-order valence-corrected chi connectivity index (χ2v) is 6.60. The summed E-state index contributed by atoms with van der Waals surface area (Å²) in [6, 6.07) is 3.84. The lowest BCUT2D eigenvalue weighted by Crippen LogP contribution is -2.27. The van der Waals surface area contributed by atoms with E-state index in [9.17, 15) is 4.79 Å². The predicted octanol–water partition coefficient (Wildman–Crippen LogP) is 1.50. The topological polar surface area (TPSA) is 82.6 Å². The molecule has 1 aliphatic heterocycles. The van der Waals surface area contributed by atoms with Gasteiger partial charge in [0.15, 0.2) is 0 Å². The summed E-state index contributed by atoms with van der Waals surface area (Å²) in [5, 5.41) is 15.8. The highest BCUT2D eigenvalue weighted by Gasteiger charge is 2.18. The van der Waals surface area contributed by atoms with Crippen LogP contribution in [0, 0.1) is 0 Å². The molecule has 0 unspecified atom stereocenters. The van der Waals surface area contributed by atoms with Gasteiger partial charge in [-0.1, -0.05) is 6.42 Å². The number of aromatic nitrogens is 6. The summed E-state index contributed by atoms with van der Waals surface area (Å²) in [5.74, 6) is 2.66. The highest BCUT2D eigenvalue weighted by Crippen LogP contribution is 2.15. The molecule has 0 spiro atoms. The van der Waals surface area contributed by atoms with Crippen LogP contribution in [0.2, 0.25) is 0 Å². The zero-order valence-corrected chi connectivity index (χ0v) is 14.9. The van der Waals surface area contributed by atoms with Gasteiger partial charge in [0.1, 0.15) is 23.0 Å². The molecule has 1 amide bonds. The zero-order chi connectivity index (χ0) is 17.9. The van der Waals surface area contributed by atoms with Crippen LogP contribution in [0.25, 0.3) is 5.82 Å². The Morgan fingerprint density at radius 1 is 1.19 bits per heavy atom. The van der Waals surface area contributed by atoms with E-state index < -0.39 is 0 Å². The summed E-state index contributed by atoms with van der Waals surface area (Å²) < 4.78 is 5.81. The number of rotatable bonds is 5. The number of carbonyl (C=O) groups is 1. The first-order valence-electron chi connectivity index (χ1n) is 9.08. The Hall–Kier alpha value is -2.90. The van der Waals surface area contributed by atoms with E-state index in [0.717, 1.165) is 30.4 Å². The largest absolute Gasteiger partial charge is 0.351 e. The number of hydrogen-bond donors (Lipinski definition) is 1. The van der Waals surface area contributed by atoms with E-state index in [0.29, 0.717) is 18.5 Å². The third-order valence-electron chi connectivity index (χ3n) is 4.82. The summed E-state index contributed by atoms with van der Waals surface area (Å²) in [4.78, 5) is 12.6. The predicted molar refractivity (Wildman–Crippen MR) is 96.1 cm³/mol. The van der Waals surface area contributed by atoms with Crippen LogP contribution in [0.1, 0.15) is 41.3 Å². The van der Waals surface area contributed by atoms with Crippen molar-refractivity contribution >= 4 is 5.91 Å². The molecule has 0 atom stereocenters. The lowest BCUT2D eigenvalue weighted by atomic mass is 10.2. The fraction of sp³-hybridized carbons (Fsp3) is 0.444. The van der Waals surface area contributed by atoms with E-state index >= 15 is 0 Å². The van der Waals surface area contributed by atoms with Crippen molar-refractivity contribution in [2.24, 2.45) is 7.05 Å². The third kappa shape index (κ3) is 3.14. The van der Waals surface area contributed by atoms with Crippen molar-refractivity contribution in [3.63, 3.8) is 0 Å². The monoisotopic (exact) mass is 353 g/mol. The van der Waals surface area contributed by atoms with Gasteiger partial charge in [-0.2, -0.15) is 5.10 Å². The number of nitrogens with one attached hydrogen (secondary N) is 1. The van der Waals surface area contributed by atoms with Gasteiger partial charge in [0.25, 0.3) is 5.91 Å². The van der Waals surface area contributed by atoms with Crippen LogP contribution < -0.4 is 5.32 Å². The first-order valence-corrected chi connectivity index (χ1v) is 9.08. The molecule has 0 saturated carbocycles. The molecule has 1 N–H and O–H groups in total. The Balaban J connectivity index is 1.42. The molecule has 1 aliphatic rings. The quantitative estimate of drug-likeness (QED) is 0.754. The first-order chi connectivity index (χ1) is 12.7. The summed E-state index contributed by atoms with van der Waals surface area (Å²) in [6.45, 7) is 1.50. The SMILES string of the molecule is Cn1ncc(C(=O)NCCc2nnc3n2CCCCC3)c1-n1cccc1. The van der Waals surface area contributed by atoms with E-state index in [4.69, 9.17) is 0 Å². The van der Waals surface area contributed by atoms with Gasteiger partial charge in [-0.25, -0.2) is 0 Å². The maximum atomic E-state index is 12.6. The minimum atomic E-state index is -0.127. The molecule has 4 heterocycles. The molecular formula is C18H23N7O. The Bertz CT molecular complexity index is 891. The molecule has 0 aliphatic carbocycles. The van der Waals surface area contributed by atoms with Gasteiger partial charge in [-0.3, -0.25) is 9.48 Å². The summed E-state index contributed by atoms with van der Waals surface area (Å²) in [6.07, 6.45) is 10.7. The lowest BCUT2D eigenvalue weighted by molar-refractivity contribution is 0.0954. The van der Waals surface area contributed by atoms with Crippen molar-refractivity contribution in [1.29, 1.82) is 0 Å². The van der Waals surface area contributed by atoms with Gasteiger partial charge in [-0.05, 0) is 25.0 Å². The van der Waals surface area contributed by atoms with Crippen molar-refractivity contribution in [3.05, 3.63) is 47.9 Å². The van der Waals surface area contributed by atoms with E-state index in [1.54, 1.807) is 10.9 Å². The molecule has 3 aromatic rings. The van der Waals surface area contributed by atoms with Crippen molar-refractivity contribution in [3.8, 4) is 5.82 Å². The molecule has 26 heavy (non-hydrogen) atoms. The molecule has 0 aromatic carbocycles. The average Bonchev–Trinajstić information content (AvgIpc) is 3.33. The Kier molecular flexibility index (Phi) is 4.55. The molecule has 8 heteroatoms. The molecule has 8 nitrogen and oxygen atoms in total. The van der Waals surface area contributed by atoms with Crippen LogP contribution in [0.3, 0.4) is 0 Å². The standard InChI is InChI=1S/C18H23N7O/c1-23-18(24-10-5-6-11-24)14(13-20-23)17(26)19-9-8-16-22-21-15-7-3-2-4-12-25(15)16/h5-6,10-11,13H,2-4,7-9,12H2,1H3,(H,19,26). The molecule has 0 bridgehead atoms. The Labute approximate surface area is 151 Å². The van der Waals surface area contributed by atoms with Gasteiger partial charge >= 0.3 is 0 Å². The fourth-order valence-corrected chi connectivity index (χ4v) is 3.49. The Morgan fingerprint density at radius 3 is 2.88 bits per heavy atom. The maximum absolute atomic E-state index is 12.6. The second kappa shape index (κ2) is 7.15. The minimum absolute atomic E-state index is 0.127. The van der Waals surface area contributed by atoms with Crippen molar-refractivity contribution in [2.45, 2.75) is 38.6 Å². The lowest BCUT2D eigenvalue weighted by Gasteiger charge is -2.09. The average molecular weight is 353 g/mol. The molecule has 3 aromatic heterocycles. The molecule has 4 rings (SSSR count). The zero-order valence-electron chi connectivity index (χ0n) is 14.9. The number of nitrogens with zero attached hydrogens (tertiary/aromatic N) is 6. The second-order valence-electron chi connectivity index (χ2n) is 6.60. The Morgan fingerprint density at radius 2 is 2.04 bits per heavy atom. The van der Waals surface area contributed by atoms with Gasteiger partial charge in [0, 0.05) is 45.4 Å². The van der Waals surface area contributed by atoms with E-state index in [2.05, 4.69) is 25.2 Å². The molecule has 0 saturated heterocycles. The van der Waals surface area contributed by atoms with Crippen LogP contribution in [0.15, 0.2) is 30.7 Å². The normalized spacial score (nSPS) is 14.0. The molecule has 0 radical (unpaired) electrons. The number of amides is 1. The number of aryl methyl sites for hydroxylation is 2. The molecular weight excluding hydrogens is 330 g/mol. The number of fused-ring (bicyclic) bond motifs is 1. The van der Waals surface area contributed by atoms with Crippen LogP contribution in [-0.2, 0) is 26.4 Å². The van der Waals surface area contributed by atoms with Crippen molar-refractivity contribution in [2.75, 3.05) is 6.54 Å². The molecule has 136 valence electrons. The maximum Gasteiger partial charge on any atom is 0.256 e. The van der Waals surface area contributed by atoms with Crippen molar-refractivity contribution < 1.29 is 4.79 Å². The van der Waals surface area contributed by atoms with Crippen LogP contribution in [0.4, 0.5) is 0 Å².